The molecule has 0 unspecified atom stereocenters. The predicted molar refractivity (Wildman–Crippen MR) is 225 cm³/mol. The predicted octanol–water partition coefficient (Wildman–Crippen LogP) is 13.6. The van der Waals surface area contributed by atoms with Crippen LogP contribution in [0.1, 0.15) is 5.56 Å². The Hall–Kier alpha value is -6.90. The summed E-state index contributed by atoms with van der Waals surface area (Å²) in [6.45, 7) is 4.09. The third kappa shape index (κ3) is 5.19. The Balaban J connectivity index is 1.32. The van der Waals surface area contributed by atoms with Crippen molar-refractivity contribution in [1.82, 2.24) is 9.13 Å². The van der Waals surface area contributed by atoms with Gasteiger partial charge in [-0.15, -0.1) is 6.58 Å². The van der Waals surface area contributed by atoms with Crippen LogP contribution in [0.15, 0.2) is 201 Å². The van der Waals surface area contributed by atoms with Crippen molar-refractivity contribution in [2.45, 2.75) is 6.42 Å². The average molecular weight is 677 g/mol. The third-order valence-corrected chi connectivity index (χ3v) is 10.6. The normalized spacial score (nSPS) is 11.5. The van der Waals surface area contributed by atoms with Crippen molar-refractivity contribution in [1.29, 1.82) is 0 Å². The highest BCUT2D eigenvalue weighted by atomic mass is 15.0. The summed E-state index contributed by atoms with van der Waals surface area (Å²) in [7, 11) is 0. The van der Waals surface area contributed by atoms with E-state index in [0.717, 1.165) is 23.4 Å². The lowest BCUT2D eigenvalue weighted by molar-refractivity contribution is 1.13. The number of allylic oxidation sites excluding steroid dienone is 1. The molecule has 0 spiro atoms. The van der Waals surface area contributed by atoms with E-state index in [1.165, 1.54) is 77.0 Å². The first-order valence-electron chi connectivity index (χ1n) is 18.3. The fraction of sp³-hybridized carbons (Fsp3) is 0.0196. The molecule has 0 bridgehead atoms. The van der Waals surface area contributed by atoms with E-state index in [0.29, 0.717) is 0 Å². The van der Waals surface area contributed by atoms with E-state index in [1.807, 2.05) is 6.08 Å². The Kier molecular flexibility index (Phi) is 7.40. The SMILES string of the molecule is C=CCc1cccc2c1c1ccccc1n2-c1cc(-c2cc(-c3ccccc3)cc(-c3ccccc3)c2)cc(-n2c3ccccc3c3ccccc32)c1. The van der Waals surface area contributed by atoms with Crippen molar-refractivity contribution in [3.05, 3.63) is 206 Å². The minimum absolute atomic E-state index is 0.812. The van der Waals surface area contributed by atoms with E-state index < -0.39 is 0 Å². The van der Waals surface area contributed by atoms with Crippen molar-refractivity contribution in [2.75, 3.05) is 0 Å². The molecule has 0 aliphatic heterocycles. The largest absolute Gasteiger partial charge is 0.309 e. The van der Waals surface area contributed by atoms with Gasteiger partial charge in [0.05, 0.1) is 22.1 Å². The third-order valence-electron chi connectivity index (χ3n) is 10.6. The molecule has 0 amide bonds. The minimum Gasteiger partial charge on any atom is -0.309 e. The van der Waals surface area contributed by atoms with Crippen LogP contribution in [0.2, 0.25) is 0 Å². The van der Waals surface area contributed by atoms with Gasteiger partial charge in [-0.05, 0) is 106 Å². The van der Waals surface area contributed by atoms with Crippen LogP contribution in [0.4, 0.5) is 0 Å². The maximum Gasteiger partial charge on any atom is 0.0543 e. The zero-order valence-electron chi connectivity index (χ0n) is 29.3. The number of aromatic nitrogens is 2. The molecule has 2 heteroatoms. The zero-order valence-corrected chi connectivity index (χ0v) is 29.3. The first-order chi connectivity index (χ1) is 26.2. The summed E-state index contributed by atoms with van der Waals surface area (Å²) in [6.07, 6.45) is 2.82. The summed E-state index contributed by atoms with van der Waals surface area (Å²) < 4.78 is 4.89. The average Bonchev–Trinajstić information content (AvgIpc) is 3.75. The second-order valence-corrected chi connectivity index (χ2v) is 13.8. The Morgan fingerprint density at radius 3 is 1.32 bits per heavy atom. The van der Waals surface area contributed by atoms with Gasteiger partial charge in [-0.25, -0.2) is 0 Å². The van der Waals surface area contributed by atoms with E-state index in [2.05, 4.69) is 204 Å². The first-order valence-corrected chi connectivity index (χ1v) is 18.3. The molecule has 0 aliphatic carbocycles. The maximum atomic E-state index is 4.09. The van der Waals surface area contributed by atoms with Gasteiger partial charge in [-0.1, -0.05) is 133 Å². The highest BCUT2D eigenvalue weighted by Gasteiger charge is 2.19. The van der Waals surface area contributed by atoms with Crippen LogP contribution < -0.4 is 0 Å². The smallest absolute Gasteiger partial charge is 0.0543 e. The quantitative estimate of drug-likeness (QED) is 0.149. The lowest BCUT2D eigenvalue weighted by Crippen LogP contribution is -2.00. The Morgan fingerprint density at radius 2 is 0.774 bits per heavy atom. The van der Waals surface area contributed by atoms with Gasteiger partial charge in [-0.3, -0.25) is 0 Å². The van der Waals surface area contributed by atoms with Crippen LogP contribution in [-0.2, 0) is 6.42 Å². The molecule has 0 radical (unpaired) electrons. The summed E-state index contributed by atoms with van der Waals surface area (Å²) in [6, 6.07) is 68.6. The fourth-order valence-electron chi connectivity index (χ4n) is 8.31. The molecule has 0 atom stereocenters. The molecule has 2 aromatic heterocycles. The van der Waals surface area contributed by atoms with Gasteiger partial charge in [0, 0.05) is 32.9 Å². The number of rotatable bonds is 7. The van der Waals surface area contributed by atoms with Crippen LogP contribution >= 0.6 is 0 Å². The minimum atomic E-state index is 0.812. The maximum absolute atomic E-state index is 4.09. The Bertz CT molecular complexity index is 2870. The molecule has 0 aliphatic rings. The molecule has 53 heavy (non-hydrogen) atoms. The Labute approximate surface area is 309 Å². The number of para-hydroxylation sites is 3. The molecule has 0 N–H and O–H groups in total. The lowest BCUT2D eigenvalue weighted by Gasteiger charge is -2.17. The van der Waals surface area contributed by atoms with E-state index >= 15 is 0 Å². The van der Waals surface area contributed by atoms with Crippen LogP contribution in [0.3, 0.4) is 0 Å². The van der Waals surface area contributed by atoms with Gasteiger partial charge in [-0.2, -0.15) is 0 Å². The molecular formula is C51H36N2. The van der Waals surface area contributed by atoms with E-state index in [9.17, 15) is 0 Å². The molecule has 0 saturated heterocycles. The monoisotopic (exact) mass is 676 g/mol. The number of hydrogen-bond donors (Lipinski definition) is 0. The summed E-state index contributed by atoms with van der Waals surface area (Å²) in [5, 5.41) is 5.03. The van der Waals surface area contributed by atoms with Crippen LogP contribution in [0.5, 0.6) is 0 Å². The van der Waals surface area contributed by atoms with Crippen molar-refractivity contribution in [3.63, 3.8) is 0 Å². The molecule has 0 fully saturated rings. The zero-order chi connectivity index (χ0) is 35.3. The number of nitrogens with zero attached hydrogens (tertiary/aromatic N) is 2. The van der Waals surface area contributed by atoms with Crippen molar-refractivity contribution >= 4 is 43.6 Å². The molecule has 2 heterocycles. The van der Waals surface area contributed by atoms with Crippen molar-refractivity contribution in [2.24, 2.45) is 0 Å². The topological polar surface area (TPSA) is 9.86 Å². The lowest BCUT2D eigenvalue weighted by atomic mass is 9.93. The van der Waals surface area contributed by atoms with Crippen molar-refractivity contribution < 1.29 is 0 Å². The number of hydrogen-bond acceptors (Lipinski definition) is 0. The molecule has 10 aromatic rings. The molecule has 10 rings (SSSR count). The van der Waals surface area contributed by atoms with Gasteiger partial charge in [0.2, 0.25) is 0 Å². The standard InChI is InChI=1S/C51H36N2/c1-2-16-37-21-15-28-50-51(37)46-24-11-14-27-49(46)53(50)43-33-41(32-42(34-43)52-47-25-12-9-22-44(47)45-23-10-13-26-48(45)52)40-30-38(35-17-5-3-6-18-35)29-39(31-40)36-19-7-4-8-20-36/h2-15,17-34H,1,16H2. The number of benzene rings is 8. The highest BCUT2D eigenvalue weighted by Crippen LogP contribution is 2.40. The summed E-state index contributed by atoms with van der Waals surface area (Å²) >= 11 is 0. The summed E-state index contributed by atoms with van der Waals surface area (Å²) in [5.41, 5.74) is 15.4. The van der Waals surface area contributed by atoms with Gasteiger partial charge in [0.1, 0.15) is 0 Å². The molecule has 2 nitrogen and oxygen atoms in total. The fourth-order valence-corrected chi connectivity index (χ4v) is 8.31. The van der Waals surface area contributed by atoms with Crippen LogP contribution in [0.25, 0.3) is 88.4 Å². The van der Waals surface area contributed by atoms with Gasteiger partial charge < -0.3 is 9.13 Å². The summed E-state index contributed by atoms with van der Waals surface area (Å²) in [5.74, 6) is 0. The van der Waals surface area contributed by atoms with E-state index in [4.69, 9.17) is 0 Å². The van der Waals surface area contributed by atoms with Crippen LogP contribution in [0, 0.1) is 0 Å². The van der Waals surface area contributed by atoms with E-state index in [-0.39, 0.29) is 0 Å². The second-order valence-electron chi connectivity index (χ2n) is 13.8. The molecule has 0 saturated carbocycles. The van der Waals surface area contributed by atoms with Gasteiger partial charge >= 0.3 is 0 Å². The van der Waals surface area contributed by atoms with Crippen molar-refractivity contribution in [3.8, 4) is 44.8 Å². The first kappa shape index (κ1) is 30.9. The summed E-state index contributed by atoms with van der Waals surface area (Å²) in [4.78, 5) is 0. The van der Waals surface area contributed by atoms with Gasteiger partial charge in [0.25, 0.3) is 0 Å². The van der Waals surface area contributed by atoms with Gasteiger partial charge in [0.15, 0.2) is 0 Å². The highest BCUT2D eigenvalue weighted by molar-refractivity contribution is 6.12. The second kappa shape index (κ2) is 12.7. The van der Waals surface area contributed by atoms with E-state index in [1.54, 1.807) is 0 Å². The molecule has 8 aromatic carbocycles. The molecule has 250 valence electrons. The number of fused-ring (bicyclic) bond motifs is 6. The Morgan fingerprint density at radius 1 is 0.358 bits per heavy atom. The van der Waals surface area contributed by atoms with Crippen LogP contribution in [-0.4, -0.2) is 9.13 Å². The molecular weight excluding hydrogens is 641 g/mol.